The van der Waals surface area contributed by atoms with Crippen molar-refractivity contribution in [1.29, 1.82) is 0 Å². The van der Waals surface area contributed by atoms with Gasteiger partial charge in [0, 0.05) is 24.5 Å². The molecule has 8 heteroatoms. The molecule has 2 heterocycles. The Balaban J connectivity index is 1.67. The van der Waals surface area contributed by atoms with E-state index in [2.05, 4.69) is 29.7 Å². The zero-order valence-corrected chi connectivity index (χ0v) is 21.0. The van der Waals surface area contributed by atoms with E-state index in [0.29, 0.717) is 0 Å². The molecule has 0 aromatic carbocycles. The number of hydrogen-bond donors (Lipinski definition) is 4. The van der Waals surface area contributed by atoms with Crippen molar-refractivity contribution in [3.8, 4) is 0 Å². The highest BCUT2D eigenvalue weighted by atomic mass is 16.3. The van der Waals surface area contributed by atoms with Crippen LogP contribution in [0.2, 0.25) is 0 Å². The van der Waals surface area contributed by atoms with Crippen LogP contribution in [0.25, 0.3) is 0 Å². The Labute approximate surface area is 216 Å². The van der Waals surface area contributed by atoms with Crippen LogP contribution in [-0.4, -0.2) is 52.3 Å². The summed E-state index contributed by atoms with van der Waals surface area (Å²) in [5.41, 5.74) is -0.394. The van der Waals surface area contributed by atoms with Gasteiger partial charge in [0.15, 0.2) is 5.78 Å². The highest BCUT2D eigenvalue weighted by Crippen LogP contribution is 2.51. The molecule has 8 atom stereocenters. The van der Waals surface area contributed by atoms with Crippen molar-refractivity contribution in [3.05, 3.63) is 72.1 Å². The van der Waals surface area contributed by atoms with Gasteiger partial charge in [-0.15, -0.1) is 0 Å². The van der Waals surface area contributed by atoms with E-state index < -0.39 is 35.2 Å². The predicted octanol–water partition coefficient (Wildman–Crippen LogP) is 2.25. The van der Waals surface area contributed by atoms with Crippen LogP contribution in [0.15, 0.2) is 72.1 Å². The topological polar surface area (TPSA) is 133 Å². The normalized spacial score (nSPS) is 39.8. The maximum absolute atomic E-state index is 12.7. The monoisotopic (exact) mass is 506 g/mol. The molecule has 0 unspecified atom stereocenters. The van der Waals surface area contributed by atoms with Gasteiger partial charge in [0.25, 0.3) is 5.91 Å². The van der Waals surface area contributed by atoms with E-state index in [4.69, 9.17) is 0 Å². The number of nitrogens with one attached hydrogen (secondary N) is 2. The van der Waals surface area contributed by atoms with Gasteiger partial charge in [-0.05, 0) is 49.5 Å². The van der Waals surface area contributed by atoms with Crippen molar-refractivity contribution in [2.75, 3.05) is 6.54 Å². The molecule has 2 fully saturated rings. The third-order valence-electron chi connectivity index (χ3n) is 7.94. The zero-order valence-electron chi connectivity index (χ0n) is 21.0. The first-order valence-corrected chi connectivity index (χ1v) is 12.8. The van der Waals surface area contributed by atoms with Gasteiger partial charge in [-0.25, -0.2) is 0 Å². The molecular weight excluding hydrogens is 472 g/mol. The fourth-order valence-corrected chi connectivity index (χ4v) is 6.25. The molecule has 0 aromatic rings. The Bertz CT molecular complexity index is 1140. The standard InChI is InChI=1S/C29H34N2O6/c1-16-15-21-19-8-4-5-9-22(33)26-28(36)27(31-29(26)37)23(34)13-14-30-24(35)10-6-3-7-18(19)11-12-20(21)25(16)17(2)32/h3-12,16,18-21,23,25,27,33-34H,13-15H2,1-2H3,(H,30,35)(H,31,37)/b7-3+,8-4+,9-5+,10-6+,26-22?/t16-,18+,19+,20-,21-,23+,25+,27+/m1/s1. The molecule has 196 valence electrons. The van der Waals surface area contributed by atoms with Crippen LogP contribution in [0.4, 0.5) is 0 Å². The number of allylic oxidation sites excluding steroid dienone is 9. The number of ketones is 2. The molecule has 4 aliphatic rings. The molecule has 2 amide bonds. The molecule has 0 aromatic heterocycles. The van der Waals surface area contributed by atoms with E-state index in [1.165, 1.54) is 12.2 Å². The maximum atomic E-state index is 12.7. The molecule has 8 nitrogen and oxygen atoms in total. The number of carbonyl (C=O) groups is 4. The van der Waals surface area contributed by atoms with Crippen molar-refractivity contribution in [2.45, 2.75) is 38.8 Å². The van der Waals surface area contributed by atoms with Crippen molar-refractivity contribution in [3.63, 3.8) is 0 Å². The average molecular weight is 507 g/mol. The molecular formula is C29H34N2O6. The van der Waals surface area contributed by atoms with Crippen LogP contribution in [0.3, 0.4) is 0 Å². The van der Waals surface area contributed by atoms with Crippen LogP contribution in [0.1, 0.15) is 26.7 Å². The van der Waals surface area contributed by atoms with Crippen molar-refractivity contribution >= 4 is 23.4 Å². The molecule has 4 N–H and O–H groups in total. The third-order valence-corrected chi connectivity index (χ3v) is 7.94. The number of carbonyl (C=O) groups excluding carboxylic acids is 4. The van der Waals surface area contributed by atoms with E-state index >= 15 is 0 Å². The maximum Gasteiger partial charge on any atom is 0.259 e. The van der Waals surface area contributed by atoms with Crippen molar-refractivity contribution < 1.29 is 29.4 Å². The SMILES string of the molecule is CC(=O)[C@H]1[C@@H]2C=C[C@@H]3/C=C/C=C/C(=O)NCC[C@H](O)[C@@H]4NC(=O)C(=C(O)/C=C/C=C/[C@@H]3[C@H]2C[C@H]1C)C4=O. The zero-order chi connectivity index (χ0) is 26.7. The fraction of sp³-hybridized carbons (Fsp3) is 0.448. The minimum Gasteiger partial charge on any atom is -0.507 e. The number of fused-ring (bicyclic) bond motifs is 5. The summed E-state index contributed by atoms with van der Waals surface area (Å²) in [7, 11) is 0. The quantitative estimate of drug-likeness (QED) is 0.319. The Morgan fingerprint density at radius 2 is 1.70 bits per heavy atom. The summed E-state index contributed by atoms with van der Waals surface area (Å²) in [6.07, 6.45) is 17.6. The summed E-state index contributed by atoms with van der Waals surface area (Å²) < 4.78 is 0. The Morgan fingerprint density at radius 3 is 2.46 bits per heavy atom. The lowest BCUT2D eigenvalue weighted by molar-refractivity contribution is -0.123. The van der Waals surface area contributed by atoms with Gasteiger partial charge >= 0.3 is 0 Å². The number of Topliss-reactive ketones (excluding diaryl/α,β-unsaturated/α-hetero) is 2. The van der Waals surface area contributed by atoms with Gasteiger partial charge in [0.05, 0.1) is 6.10 Å². The molecule has 2 bridgehead atoms. The van der Waals surface area contributed by atoms with Gasteiger partial charge in [0.2, 0.25) is 5.91 Å². The van der Waals surface area contributed by atoms with Crippen LogP contribution in [0, 0.1) is 35.5 Å². The summed E-state index contributed by atoms with van der Waals surface area (Å²) >= 11 is 0. The van der Waals surface area contributed by atoms with Gasteiger partial charge < -0.3 is 20.8 Å². The predicted molar refractivity (Wildman–Crippen MR) is 138 cm³/mol. The largest absolute Gasteiger partial charge is 0.507 e. The minimum absolute atomic E-state index is 0.0142. The molecule has 1 saturated heterocycles. The molecule has 4 rings (SSSR count). The van der Waals surface area contributed by atoms with E-state index in [0.717, 1.165) is 6.42 Å². The average Bonchev–Trinajstić information content (AvgIpc) is 3.34. The number of hydrogen-bond acceptors (Lipinski definition) is 6. The van der Waals surface area contributed by atoms with Gasteiger partial charge in [-0.2, -0.15) is 0 Å². The first-order chi connectivity index (χ1) is 17.7. The molecule has 37 heavy (non-hydrogen) atoms. The van der Waals surface area contributed by atoms with Crippen LogP contribution >= 0.6 is 0 Å². The Morgan fingerprint density at radius 1 is 0.973 bits per heavy atom. The van der Waals surface area contributed by atoms with Gasteiger partial charge in [-0.3, -0.25) is 19.2 Å². The molecule has 1 saturated carbocycles. The number of aliphatic hydroxyl groups excluding tert-OH is 2. The Kier molecular flexibility index (Phi) is 8.07. The number of rotatable bonds is 1. The number of aliphatic hydroxyl groups is 2. The van der Waals surface area contributed by atoms with Crippen LogP contribution in [-0.2, 0) is 19.2 Å². The van der Waals surface area contributed by atoms with Crippen LogP contribution in [0.5, 0.6) is 0 Å². The van der Waals surface area contributed by atoms with E-state index in [1.807, 2.05) is 18.2 Å². The highest BCUT2D eigenvalue weighted by Gasteiger charge is 2.47. The summed E-state index contributed by atoms with van der Waals surface area (Å²) in [5.74, 6) is -1.26. The van der Waals surface area contributed by atoms with E-state index in [-0.39, 0.29) is 60.2 Å². The molecule has 0 radical (unpaired) electrons. The second kappa shape index (κ2) is 11.3. The highest BCUT2D eigenvalue weighted by molar-refractivity contribution is 6.27. The summed E-state index contributed by atoms with van der Waals surface area (Å²) in [6.45, 7) is 3.88. The van der Waals surface area contributed by atoms with E-state index in [9.17, 15) is 29.4 Å². The minimum atomic E-state index is -1.22. The molecule has 2 aliphatic heterocycles. The number of amides is 2. The summed E-state index contributed by atoms with van der Waals surface area (Å²) in [6, 6.07) is -1.18. The van der Waals surface area contributed by atoms with Gasteiger partial charge in [-0.1, -0.05) is 55.5 Å². The lowest BCUT2D eigenvalue weighted by Gasteiger charge is -2.34. The van der Waals surface area contributed by atoms with Crippen molar-refractivity contribution in [1.82, 2.24) is 10.6 Å². The second-order valence-corrected chi connectivity index (χ2v) is 10.3. The lowest BCUT2D eigenvalue weighted by atomic mass is 9.69. The summed E-state index contributed by atoms with van der Waals surface area (Å²) in [5, 5.41) is 25.9. The second-order valence-electron chi connectivity index (χ2n) is 10.3. The first-order valence-electron chi connectivity index (χ1n) is 12.8. The smallest absolute Gasteiger partial charge is 0.259 e. The molecule has 0 spiro atoms. The molecule has 2 aliphatic carbocycles. The lowest BCUT2D eigenvalue weighted by Crippen LogP contribution is -2.42. The van der Waals surface area contributed by atoms with Crippen LogP contribution < -0.4 is 10.6 Å². The summed E-state index contributed by atoms with van der Waals surface area (Å²) in [4.78, 5) is 49.6. The fourth-order valence-electron chi connectivity index (χ4n) is 6.25. The Hall–Kier alpha value is -3.52. The third kappa shape index (κ3) is 5.59. The first kappa shape index (κ1) is 26.5. The van der Waals surface area contributed by atoms with Crippen molar-refractivity contribution in [2.24, 2.45) is 35.5 Å². The van der Waals surface area contributed by atoms with E-state index in [1.54, 1.807) is 25.2 Å². The van der Waals surface area contributed by atoms with Gasteiger partial charge in [0.1, 0.15) is 23.2 Å².